The van der Waals surface area contributed by atoms with Gasteiger partial charge in [0, 0.05) is 12.6 Å². The molecule has 0 saturated heterocycles. The van der Waals surface area contributed by atoms with Crippen molar-refractivity contribution < 1.29 is 22.7 Å². The average molecular weight is 434 g/mol. The van der Waals surface area contributed by atoms with E-state index in [1.165, 1.54) is 13.1 Å². The molecule has 0 unspecified atom stereocenters. The molecule has 0 aliphatic rings. The summed E-state index contributed by atoms with van der Waals surface area (Å²) in [5.74, 6) is -1.26. The first-order valence-electron chi connectivity index (χ1n) is 6.35. The minimum atomic E-state index is -3.14. The Hall–Kier alpha value is -1.41. The zero-order valence-corrected chi connectivity index (χ0v) is 15.2. The van der Waals surface area contributed by atoms with Crippen LogP contribution in [0.5, 0.6) is 5.88 Å². The largest absolute Gasteiger partial charge is 0.416 e. The van der Waals surface area contributed by atoms with E-state index in [-0.39, 0.29) is 31.9 Å². The molecule has 0 saturated carbocycles. The summed E-state index contributed by atoms with van der Waals surface area (Å²) >= 11 is 22.8. The molecule has 134 valence electrons. The molecular weight excluding hydrogens is 427 g/mol. The van der Waals surface area contributed by atoms with Crippen LogP contribution in [0.3, 0.4) is 0 Å². The van der Waals surface area contributed by atoms with E-state index >= 15 is 0 Å². The third-order valence-electron chi connectivity index (χ3n) is 2.95. The lowest BCUT2D eigenvalue weighted by Crippen LogP contribution is -2.06. The number of allylic oxidation sites excluding steroid dienone is 1. The second kappa shape index (κ2) is 7.86. The Morgan fingerprint density at radius 2 is 1.96 bits per heavy atom. The summed E-state index contributed by atoms with van der Waals surface area (Å²) in [5, 5.41) is 2.20. The van der Waals surface area contributed by atoms with E-state index in [9.17, 15) is 18.0 Å². The number of carbonyl (C=O) groups excluding carboxylic acids is 1. The zero-order valence-electron chi connectivity index (χ0n) is 12.2. The van der Waals surface area contributed by atoms with E-state index in [0.29, 0.717) is 0 Å². The van der Waals surface area contributed by atoms with Crippen LogP contribution in [0.25, 0.3) is 17.3 Å². The number of benzene rings is 1. The molecular formula is C14H7Cl4F3N2O2. The highest BCUT2D eigenvalue weighted by Gasteiger charge is 2.23. The van der Waals surface area contributed by atoms with Crippen molar-refractivity contribution in [2.75, 3.05) is 0 Å². The van der Waals surface area contributed by atoms with Gasteiger partial charge in [0.05, 0.1) is 5.02 Å². The first-order chi connectivity index (χ1) is 11.6. The van der Waals surface area contributed by atoms with Crippen molar-refractivity contribution in [2.24, 2.45) is 7.05 Å². The number of nitrogens with zero attached hydrogens (tertiary/aromatic N) is 2. The number of halogens is 7. The number of alkyl halides is 2. The van der Waals surface area contributed by atoms with Crippen LogP contribution in [0.4, 0.5) is 13.2 Å². The molecule has 0 radical (unpaired) electrons. The summed E-state index contributed by atoms with van der Waals surface area (Å²) in [6.07, 6.45) is 1.12. The molecule has 0 spiro atoms. The summed E-state index contributed by atoms with van der Waals surface area (Å²) in [7, 11) is 1.30. The molecule has 0 aliphatic heterocycles. The van der Waals surface area contributed by atoms with E-state index < -0.39 is 23.6 Å². The normalized spacial score (nSPS) is 12.0. The highest BCUT2D eigenvalue weighted by atomic mass is 35.5. The molecule has 2 rings (SSSR count). The van der Waals surface area contributed by atoms with Crippen LogP contribution < -0.4 is 4.74 Å². The Morgan fingerprint density at radius 3 is 2.52 bits per heavy atom. The van der Waals surface area contributed by atoms with Crippen LogP contribution in [0.15, 0.2) is 17.2 Å². The first kappa shape index (κ1) is 19.9. The Labute approximate surface area is 159 Å². The fourth-order valence-corrected chi connectivity index (χ4v) is 2.60. The average Bonchev–Trinajstić information content (AvgIpc) is 2.77. The van der Waals surface area contributed by atoms with Gasteiger partial charge in [-0.1, -0.05) is 34.8 Å². The zero-order chi connectivity index (χ0) is 18.9. The summed E-state index contributed by atoms with van der Waals surface area (Å²) in [4.78, 5) is 11.0. The Morgan fingerprint density at radius 1 is 1.32 bits per heavy atom. The van der Waals surface area contributed by atoms with Gasteiger partial charge < -0.3 is 4.74 Å². The van der Waals surface area contributed by atoms with Gasteiger partial charge in [-0.3, -0.25) is 4.79 Å². The SMILES string of the molecule is Cn1nc(-c2cc(C=C(Cl)C(=O)Cl)c(Cl)cc2F)c(Cl)c1OC(F)F. The van der Waals surface area contributed by atoms with Crippen molar-refractivity contribution in [3.63, 3.8) is 0 Å². The van der Waals surface area contributed by atoms with Crippen molar-refractivity contribution in [2.45, 2.75) is 6.61 Å². The molecule has 1 aromatic heterocycles. The molecule has 0 amide bonds. The molecule has 1 heterocycles. The number of carbonyl (C=O) groups is 1. The Bertz CT molecular complexity index is 868. The Balaban J connectivity index is 2.61. The third-order valence-corrected chi connectivity index (χ3v) is 4.20. The van der Waals surface area contributed by atoms with E-state index in [2.05, 4.69) is 9.84 Å². The number of hydrogen-bond donors (Lipinski definition) is 0. The lowest BCUT2D eigenvalue weighted by atomic mass is 10.1. The van der Waals surface area contributed by atoms with Gasteiger partial charge in [-0.05, 0) is 35.4 Å². The first-order valence-corrected chi connectivity index (χ1v) is 7.86. The second-order valence-corrected chi connectivity index (χ2v) is 6.13. The molecule has 0 N–H and O–H groups in total. The number of hydrogen-bond acceptors (Lipinski definition) is 3. The van der Waals surface area contributed by atoms with Gasteiger partial charge in [0.2, 0.25) is 5.88 Å². The van der Waals surface area contributed by atoms with Gasteiger partial charge in [0.15, 0.2) is 0 Å². The summed E-state index contributed by atoms with van der Waals surface area (Å²) in [6, 6.07) is 2.13. The van der Waals surface area contributed by atoms with Crippen LogP contribution in [0, 0.1) is 5.82 Å². The summed E-state index contributed by atoms with van der Waals surface area (Å²) in [6.45, 7) is -3.14. The van der Waals surface area contributed by atoms with E-state index in [4.69, 9.17) is 46.4 Å². The number of aromatic nitrogens is 2. The highest BCUT2D eigenvalue weighted by molar-refractivity contribution is 6.74. The van der Waals surface area contributed by atoms with Crippen molar-refractivity contribution in [3.8, 4) is 17.1 Å². The Kier molecular flexibility index (Phi) is 6.26. The predicted octanol–water partition coefficient (Wildman–Crippen LogP) is 5.48. The van der Waals surface area contributed by atoms with Crippen molar-refractivity contribution in [1.82, 2.24) is 9.78 Å². The lowest BCUT2D eigenvalue weighted by Gasteiger charge is -2.06. The molecule has 0 bridgehead atoms. The standard InChI is InChI=1S/C14H7Cl4F3N2O2/c1-23-13(25-14(20)21)10(17)11(22-23)6-2-5(3-8(16)12(18)24)7(15)4-9(6)19/h2-4,14H,1H3. The molecule has 4 nitrogen and oxygen atoms in total. The van der Waals surface area contributed by atoms with Crippen LogP contribution in [-0.2, 0) is 11.8 Å². The lowest BCUT2D eigenvalue weighted by molar-refractivity contribution is -0.108. The predicted molar refractivity (Wildman–Crippen MR) is 89.9 cm³/mol. The molecule has 11 heteroatoms. The topological polar surface area (TPSA) is 44.1 Å². The molecule has 0 atom stereocenters. The quantitative estimate of drug-likeness (QED) is 0.463. The van der Waals surface area contributed by atoms with Crippen LogP contribution in [0.2, 0.25) is 10.0 Å². The number of ether oxygens (including phenoxy) is 1. The molecule has 0 aliphatic carbocycles. The number of rotatable bonds is 5. The minimum absolute atomic E-state index is 0.0616. The third kappa shape index (κ3) is 4.41. The van der Waals surface area contributed by atoms with Gasteiger partial charge in [-0.25, -0.2) is 9.07 Å². The van der Waals surface area contributed by atoms with Gasteiger partial charge in [0.25, 0.3) is 5.24 Å². The summed E-state index contributed by atoms with van der Waals surface area (Å²) < 4.78 is 44.3. The van der Waals surface area contributed by atoms with Crippen LogP contribution in [0.1, 0.15) is 5.56 Å². The maximum atomic E-state index is 14.3. The fourth-order valence-electron chi connectivity index (χ4n) is 1.92. The van der Waals surface area contributed by atoms with Crippen molar-refractivity contribution in [3.05, 3.63) is 38.6 Å². The second-order valence-electron chi connectivity index (χ2n) is 4.59. The van der Waals surface area contributed by atoms with Gasteiger partial charge >= 0.3 is 6.61 Å². The molecule has 25 heavy (non-hydrogen) atoms. The molecule has 0 fully saturated rings. The van der Waals surface area contributed by atoms with Crippen molar-refractivity contribution in [1.29, 1.82) is 0 Å². The molecule has 2 aromatic rings. The van der Waals surface area contributed by atoms with Crippen molar-refractivity contribution >= 4 is 57.7 Å². The summed E-state index contributed by atoms with van der Waals surface area (Å²) in [5.41, 5.74) is -0.168. The van der Waals surface area contributed by atoms with E-state index in [0.717, 1.165) is 16.8 Å². The highest BCUT2D eigenvalue weighted by Crippen LogP contribution is 2.38. The maximum Gasteiger partial charge on any atom is 0.388 e. The van der Waals surface area contributed by atoms with Crippen LogP contribution >= 0.6 is 46.4 Å². The van der Waals surface area contributed by atoms with Crippen LogP contribution in [-0.4, -0.2) is 21.6 Å². The fraction of sp³-hybridized carbons (Fsp3) is 0.143. The smallest absolute Gasteiger partial charge is 0.388 e. The van der Waals surface area contributed by atoms with E-state index in [1.54, 1.807) is 0 Å². The molecule has 1 aromatic carbocycles. The minimum Gasteiger partial charge on any atom is -0.416 e. The van der Waals surface area contributed by atoms with Gasteiger partial charge in [0.1, 0.15) is 21.6 Å². The van der Waals surface area contributed by atoms with Gasteiger partial charge in [-0.15, -0.1) is 0 Å². The number of aryl methyl sites for hydroxylation is 1. The van der Waals surface area contributed by atoms with E-state index in [1.807, 2.05) is 0 Å². The van der Waals surface area contributed by atoms with Gasteiger partial charge in [-0.2, -0.15) is 13.9 Å². The monoisotopic (exact) mass is 432 g/mol. The maximum absolute atomic E-state index is 14.3.